The van der Waals surface area contributed by atoms with Gasteiger partial charge in [-0.05, 0) is 73.5 Å². The third-order valence-electron chi connectivity index (χ3n) is 8.29. The molecule has 4 rings (SSSR count). The first kappa shape index (κ1) is 14.6. The van der Waals surface area contributed by atoms with Gasteiger partial charge < -0.3 is 0 Å². The molecule has 120 valence electrons. The Morgan fingerprint density at radius 2 is 0.952 bits per heavy atom. The van der Waals surface area contributed by atoms with Gasteiger partial charge in [0.15, 0.2) is 0 Å². The fraction of sp³-hybridized carbons (Fsp3) is 1.00. The van der Waals surface area contributed by atoms with Gasteiger partial charge in [0, 0.05) is 0 Å². The first-order valence-electron chi connectivity index (χ1n) is 10.3. The standard InChI is InChI=1S/C21H36/c1-15-13-14-21(19-11-5-4-9-17(15)19)20-12-6-8-16-7-2-3-10-18(16)20/h15-21H,2-14H2,1H3. The van der Waals surface area contributed by atoms with Gasteiger partial charge >= 0.3 is 0 Å². The number of rotatable bonds is 1. The van der Waals surface area contributed by atoms with Gasteiger partial charge in [-0.1, -0.05) is 58.3 Å². The van der Waals surface area contributed by atoms with Crippen LogP contribution in [0.15, 0.2) is 0 Å². The van der Waals surface area contributed by atoms with Gasteiger partial charge in [-0.3, -0.25) is 0 Å². The zero-order valence-electron chi connectivity index (χ0n) is 14.2. The Labute approximate surface area is 132 Å². The summed E-state index contributed by atoms with van der Waals surface area (Å²) in [6.07, 6.45) is 20.4. The highest BCUT2D eigenvalue weighted by Gasteiger charge is 2.46. The quantitative estimate of drug-likeness (QED) is 0.520. The van der Waals surface area contributed by atoms with E-state index in [9.17, 15) is 0 Å². The zero-order chi connectivity index (χ0) is 14.2. The summed E-state index contributed by atoms with van der Waals surface area (Å²) in [5.74, 6) is 7.85. The fourth-order valence-corrected chi connectivity index (χ4v) is 7.36. The highest BCUT2D eigenvalue weighted by atomic mass is 14.5. The van der Waals surface area contributed by atoms with Crippen molar-refractivity contribution in [2.24, 2.45) is 41.4 Å². The van der Waals surface area contributed by atoms with Crippen molar-refractivity contribution in [3.63, 3.8) is 0 Å². The van der Waals surface area contributed by atoms with Crippen LogP contribution in [-0.2, 0) is 0 Å². The molecule has 21 heavy (non-hydrogen) atoms. The summed E-state index contributed by atoms with van der Waals surface area (Å²) in [4.78, 5) is 0. The summed E-state index contributed by atoms with van der Waals surface area (Å²) in [5.41, 5.74) is 0. The number of hydrogen-bond donors (Lipinski definition) is 0. The summed E-state index contributed by atoms with van der Waals surface area (Å²) in [6, 6.07) is 0. The van der Waals surface area contributed by atoms with E-state index >= 15 is 0 Å². The largest absolute Gasteiger partial charge is 0.0622 e. The topological polar surface area (TPSA) is 0 Å². The van der Waals surface area contributed by atoms with Crippen molar-refractivity contribution in [3.8, 4) is 0 Å². The van der Waals surface area contributed by atoms with Crippen molar-refractivity contribution in [2.45, 2.75) is 90.4 Å². The molecule has 0 aromatic carbocycles. The van der Waals surface area contributed by atoms with Gasteiger partial charge in [0.2, 0.25) is 0 Å². The van der Waals surface area contributed by atoms with E-state index in [1.807, 2.05) is 0 Å². The van der Waals surface area contributed by atoms with Crippen LogP contribution in [0.4, 0.5) is 0 Å². The second kappa shape index (κ2) is 6.25. The molecule has 0 aromatic rings. The van der Waals surface area contributed by atoms with Crippen molar-refractivity contribution in [1.29, 1.82) is 0 Å². The first-order valence-corrected chi connectivity index (χ1v) is 10.3. The number of hydrogen-bond acceptors (Lipinski definition) is 0. The predicted molar refractivity (Wildman–Crippen MR) is 90.1 cm³/mol. The summed E-state index contributed by atoms with van der Waals surface area (Å²) < 4.78 is 0. The highest BCUT2D eigenvalue weighted by molar-refractivity contribution is 4.96. The first-order chi connectivity index (χ1) is 10.3. The molecular weight excluding hydrogens is 252 g/mol. The molecule has 0 amide bonds. The van der Waals surface area contributed by atoms with E-state index in [1.165, 1.54) is 6.42 Å². The van der Waals surface area contributed by atoms with E-state index in [1.54, 1.807) is 77.0 Å². The van der Waals surface area contributed by atoms with Crippen molar-refractivity contribution >= 4 is 0 Å². The molecule has 4 aliphatic carbocycles. The minimum Gasteiger partial charge on any atom is -0.0622 e. The monoisotopic (exact) mass is 288 g/mol. The lowest BCUT2D eigenvalue weighted by Crippen LogP contribution is -2.44. The molecule has 0 aliphatic heterocycles. The minimum atomic E-state index is 1.04. The summed E-state index contributed by atoms with van der Waals surface area (Å²) in [5, 5.41) is 0. The molecule has 4 fully saturated rings. The van der Waals surface area contributed by atoms with Gasteiger partial charge in [0.1, 0.15) is 0 Å². The Bertz CT molecular complexity index is 344. The molecule has 4 aliphatic rings. The van der Waals surface area contributed by atoms with Crippen LogP contribution in [0.1, 0.15) is 90.4 Å². The summed E-state index contributed by atoms with van der Waals surface area (Å²) >= 11 is 0. The normalized spacial score (nSPS) is 51.0. The third-order valence-corrected chi connectivity index (χ3v) is 8.29. The molecule has 0 nitrogen and oxygen atoms in total. The van der Waals surface area contributed by atoms with Crippen molar-refractivity contribution in [3.05, 3.63) is 0 Å². The van der Waals surface area contributed by atoms with Crippen molar-refractivity contribution in [1.82, 2.24) is 0 Å². The average molecular weight is 289 g/mol. The van der Waals surface area contributed by atoms with E-state index in [0.29, 0.717) is 0 Å². The molecule has 0 aromatic heterocycles. The van der Waals surface area contributed by atoms with Crippen LogP contribution in [0.2, 0.25) is 0 Å². The van der Waals surface area contributed by atoms with Crippen LogP contribution in [0.3, 0.4) is 0 Å². The van der Waals surface area contributed by atoms with E-state index in [4.69, 9.17) is 0 Å². The van der Waals surface area contributed by atoms with Crippen LogP contribution in [0.5, 0.6) is 0 Å². The van der Waals surface area contributed by atoms with Gasteiger partial charge in [0.25, 0.3) is 0 Å². The van der Waals surface area contributed by atoms with Crippen molar-refractivity contribution in [2.75, 3.05) is 0 Å². The van der Waals surface area contributed by atoms with Crippen LogP contribution in [0, 0.1) is 41.4 Å². The van der Waals surface area contributed by atoms with E-state index in [-0.39, 0.29) is 0 Å². The summed E-state index contributed by atoms with van der Waals surface area (Å²) in [7, 11) is 0. The lowest BCUT2D eigenvalue weighted by Gasteiger charge is -2.52. The zero-order valence-corrected chi connectivity index (χ0v) is 14.2. The SMILES string of the molecule is CC1CCC(C2CCCC3CCCCC32)C2CCCCC12. The molecule has 7 atom stereocenters. The van der Waals surface area contributed by atoms with Crippen LogP contribution in [-0.4, -0.2) is 0 Å². The maximum Gasteiger partial charge on any atom is -0.0352 e. The highest BCUT2D eigenvalue weighted by Crippen LogP contribution is 2.55. The third kappa shape index (κ3) is 2.70. The minimum absolute atomic E-state index is 1.04. The van der Waals surface area contributed by atoms with Crippen molar-refractivity contribution < 1.29 is 0 Å². The lowest BCUT2D eigenvalue weighted by molar-refractivity contribution is -0.0270. The lowest BCUT2D eigenvalue weighted by atomic mass is 9.53. The maximum atomic E-state index is 2.57. The second-order valence-electron chi connectivity index (χ2n) is 9.13. The molecular formula is C21H36. The van der Waals surface area contributed by atoms with Gasteiger partial charge in [-0.25, -0.2) is 0 Å². The molecule has 7 unspecified atom stereocenters. The Balaban J connectivity index is 1.53. The Kier molecular flexibility index (Phi) is 4.34. The fourth-order valence-electron chi connectivity index (χ4n) is 7.36. The molecule has 0 heterocycles. The second-order valence-corrected chi connectivity index (χ2v) is 9.13. The van der Waals surface area contributed by atoms with Crippen LogP contribution >= 0.6 is 0 Å². The van der Waals surface area contributed by atoms with Gasteiger partial charge in [0.05, 0.1) is 0 Å². The van der Waals surface area contributed by atoms with Gasteiger partial charge in [-0.15, -0.1) is 0 Å². The van der Waals surface area contributed by atoms with E-state index in [2.05, 4.69) is 6.92 Å². The maximum absolute atomic E-state index is 2.57. The summed E-state index contributed by atoms with van der Waals surface area (Å²) in [6.45, 7) is 2.57. The van der Waals surface area contributed by atoms with E-state index < -0.39 is 0 Å². The molecule has 0 N–H and O–H groups in total. The van der Waals surface area contributed by atoms with Crippen LogP contribution in [0.25, 0.3) is 0 Å². The molecule has 4 saturated carbocycles. The van der Waals surface area contributed by atoms with Gasteiger partial charge in [-0.2, -0.15) is 0 Å². The van der Waals surface area contributed by atoms with Crippen LogP contribution < -0.4 is 0 Å². The average Bonchev–Trinajstić information content (AvgIpc) is 2.55. The Morgan fingerprint density at radius 3 is 1.81 bits per heavy atom. The Hall–Kier alpha value is 0. The number of fused-ring (bicyclic) bond motifs is 2. The molecule has 0 saturated heterocycles. The molecule has 0 radical (unpaired) electrons. The Morgan fingerprint density at radius 1 is 0.429 bits per heavy atom. The molecule has 0 heteroatoms. The predicted octanol–water partition coefficient (Wildman–Crippen LogP) is 6.45. The molecule has 0 spiro atoms. The van der Waals surface area contributed by atoms with E-state index in [0.717, 1.165) is 41.4 Å². The molecule has 0 bridgehead atoms. The smallest absolute Gasteiger partial charge is 0.0352 e.